The summed E-state index contributed by atoms with van der Waals surface area (Å²) in [6.07, 6.45) is 0. The molecule has 0 amide bonds. The van der Waals surface area contributed by atoms with Gasteiger partial charge < -0.3 is 15.7 Å². The van der Waals surface area contributed by atoms with Crippen molar-refractivity contribution in [2.75, 3.05) is 0 Å². The van der Waals surface area contributed by atoms with Crippen LogP contribution in [0.3, 0.4) is 0 Å². The zero-order chi connectivity index (χ0) is 15.4. The fraction of sp³-hybridized carbons (Fsp3) is 0. The fourth-order valence-electron chi connectivity index (χ4n) is 1.65. The molecule has 0 saturated heterocycles. The van der Waals surface area contributed by atoms with E-state index in [4.69, 9.17) is 27.3 Å². The fourth-order valence-corrected chi connectivity index (χ4v) is 1.91. The highest BCUT2D eigenvalue weighted by Crippen LogP contribution is 2.31. The topological polar surface area (TPSA) is 111 Å². The van der Waals surface area contributed by atoms with Crippen molar-refractivity contribution in [2.24, 2.45) is 10.9 Å². The molecule has 0 radical (unpaired) electrons. The van der Waals surface area contributed by atoms with E-state index in [1.54, 1.807) is 18.2 Å². The van der Waals surface area contributed by atoms with Crippen LogP contribution in [0.5, 0.6) is 11.5 Å². The maximum atomic E-state index is 10.6. The molecular weight excluding hydrogens is 298 g/mol. The Morgan fingerprint density at radius 2 is 1.95 bits per heavy atom. The molecule has 8 heteroatoms. The normalized spacial score (nSPS) is 11.2. The molecule has 0 bridgehead atoms. The smallest absolute Gasteiger partial charge is 0.269 e. The Balaban J connectivity index is 2.35. The van der Waals surface area contributed by atoms with E-state index in [1.165, 1.54) is 24.3 Å². The second-order valence-electron chi connectivity index (χ2n) is 3.95. The first-order valence-corrected chi connectivity index (χ1v) is 6.09. The second kappa shape index (κ2) is 6.10. The van der Waals surface area contributed by atoms with Gasteiger partial charge in [-0.05, 0) is 24.3 Å². The van der Waals surface area contributed by atoms with Gasteiger partial charge in [-0.15, -0.1) is 0 Å². The highest BCUT2D eigenvalue weighted by atomic mass is 35.5. The lowest BCUT2D eigenvalue weighted by molar-refractivity contribution is -0.384. The van der Waals surface area contributed by atoms with Crippen LogP contribution < -0.4 is 10.5 Å². The van der Waals surface area contributed by atoms with Crippen molar-refractivity contribution in [1.29, 1.82) is 0 Å². The molecule has 2 aromatic carbocycles. The number of hydrogen-bond donors (Lipinski definition) is 2. The summed E-state index contributed by atoms with van der Waals surface area (Å²) in [6, 6.07) is 10.3. The lowest BCUT2D eigenvalue weighted by Crippen LogP contribution is -2.14. The molecule has 0 atom stereocenters. The van der Waals surface area contributed by atoms with Gasteiger partial charge in [-0.3, -0.25) is 10.1 Å². The molecule has 108 valence electrons. The minimum absolute atomic E-state index is 0.0508. The number of halogens is 1. The third kappa shape index (κ3) is 3.21. The number of benzene rings is 2. The summed E-state index contributed by atoms with van der Waals surface area (Å²) in [5, 5.41) is 22.5. The highest BCUT2D eigenvalue weighted by molar-refractivity contribution is 6.34. The Kier molecular flexibility index (Phi) is 4.24. The monoisotopic (exact) mass is 307 g/mol. The van der Waals surface area contributed by atoms with Crippen molar-refractivity contribution < 1.29 is 14.9 Å². The molecule has 7 nitrogen and oxygen atoms in total. The largest absolute Gasteiger partial charge is 0.457 e. The molecule has 3 N–H and O–H groups in total. The summed E-state index contributed by atoms with van der Waals surface area (Å²) >= 11 is 5.99. The molecule has 0 fully saturated rings. The minimum atomic E-state index is -0.509. The lowest BCUT2D eigenvalue weighted by Gasteiger charge is -2.11. The van der Waals surface area contributed by atoms with E-state index in [9.17, 15) is 10.1 Å². The number of rotatable bonds is 4. The van der Waals surface area contributed by atoms with Gasteiger partial charge in [0.25, 0.3) is 5.69 Å². The van der Waals surface area contributed by atoms with Crippen LogP contribution >= 0.6 is 11.6 Å². The number of oxime groups is 1. The molecule has 0 aromatic heterocycles. The number of ether oxygens (including phenoxy) is 1. The summed E-state index contributed by atoms with van der Waals surface area (Å²) in [4.78, 5) is 10.1. The van der Waals surface area contributed by atoms with Gasteiger partial charge in [0, 0.05) is 12.1 Å². The first-order chi connectivity index (χ1) is 10.0. The van der Waals surface area contributed by atoms with Gasteiger partial charge in [0.1, 0.15) is 11.5 Å². The molecule has 21 heavy (non-hydrogen) atoms. The van der Waals surface area contributed by atoms with Gasteiger partial charge in [-0.1, -0.05) is 22.8 Å². The summed E-state index contributed by atoms with van der Waals surface area (Å²) in [5.41, 5.74) is 5.74. The average Bonchev–Trinajstić information content (AvgIpc) is 2.47. The van der Waals surface area contributed by atoms with Crippen molar-refractivity contribution >= 4 is 23.1 Å². The third-order valence-corrected chi connectivity index (χ3v) is 2.93. The molecule has 0 aliphatic rings. The maximum absolute atomic E-state index is 10.6. The number of nitro benzene ring substituents is 1. The average molecular weight is 308 g/mol. The van der Waals surface area contributed by atoms with Gasteiger partial charge in [0.15, 0.2) is 5.84 Å². The Morgan fingerprint density at radius 3 is 2.52 bits per heavy atom. The summed E-state index contributed by atoms with van der Waals surface area (Å²) in [6.45, 7) is 0. The zero-order valence-electron chi connectivity index (χ0n) is 10.6. The van der Waals surface area contributed by atoms with Crippen LogP contribution in [0.1, 0.15) is 5.56 Å². The van der Waals surface area contributed by atoms with Crippen LogP contribution in [0, 0.1) is 10.1 Å². The first kappa shape index (κ1) is 14.6. The summed E-state index contributed by atoms with van der Waals surface area (Å²) in [7, 11) is 0. The van der Waals surface area contributed by atoms with E-state index in [2.05, 4.69) is 5.16 Å². The minimum Gasteiger partial charge on any atom is -0.457 e. The van der Waals surface area contributed by atoms with E-state index in [-0.39, 0.29) is 27.9 Å². The molecule has 0 aliphatic heterocycles. The molecule has 0 heterocycles. The number of hydrogen-bond acceptors (Lipinski definition) is 5. The SMILES string of the molecule is NC(=NO)c1c(Cl)cccc1Oc1ccc([N+](=O)[O-])cc1. The van der Waals surface area contributed by atoms with E-state index >= 15 is 0 Å². The quantitative estimate of drug-likeness (QED) is 0.296. The van der Waals surface area contributed by atoms with Gasteiger partial charge >= 0.3 is 0 Å². The molecule has 2 rings (SSSR count). The van der Waals surface area contributed by atoms with Crippen molar-refractivity contribution in [3.8, 4) is 11.5 Å². The standard InChI is InChI=1S/C13H10ClN3O4/c14-10-2-1-3-11(12(10)13(15)16-18)21-9-6-4-8(5-7-9)17(19)20/h1-7,18H,(H2,15,16). The van der Waals surface area contributed by atoms with Crippen LogP contribution in [0.2, 0.25) is 5.02 Å². The zero-order valence-corrected chi connectivity index (χ0v) is 11.3. The number of amidine groups is 1. The number of nitro groups is 1. The highest BCUT2D eigenvalue weighted by Gasteiger charge is 2.14. The van der Waals surface area contributed by atoms with Gasteiger partial charge in [-0.25, -0.2) is 0 Å². The number of non-ortho nitro benzene ring substituents is 1. The molecule has 0 aliphatic carbocycles. The Labute approximate surface area is 124 Å². The summed E-state index contributed by atoms with van der Waals surface area (Å²) in [5.74, 6) is 0.430. The Bertz CT molecular complexity index is 701. The Hall–Kier alpha value is -2.80. The molecule has 0 unspecified atom stereocenters. The van der Waals surface area contributed by atoms with Gasteiger partial charge in [-0.2, -0.15) is 0 Å². The predicted octanol–water partition coefficient (Wildman–Crippen LogP) is 3.14. The maximum Gasteiger partial charge on any atom is 0.269 e. The van der Waals surface area contributed by atoms with Crippen LogP contribution in [0.4, 0.5) is 5.69 Å². The first-order valence-electron chi connectivity index (χ1n) is 5.71. The van der Waals surface area contributed by atoms with Crippen LogP contribution in [-0.2, 0) is 0 Å². The molecule has 0 saturated carbocycles. The van der Waals surface area contributed by atoms with E-state index in [0.29, 0.717) is 5.75 Å². The third-order valence-electron chi connectivity index (χ3n) is 2.61. The van der Waals surface area contributed by atoms with Crippen LogP contribution in [0.25, 0.3) is 0 Å². The van der Waals surface area contributed by atoms with Crippen molar-refractivity contribution in [1.82, 2.24) is 0 Å². The van der Waals surface area contributed by atoms with Crippen molar-refractivity contribution in [2.45, 2.75) is 0 Å². The van der Waals surface area contributed by atoms with Crippen molar-refractivity contribution in [3.63, 3.8) is 0 Å². The van der Waals surface area contributed by atoms with E-state index in [0.717, 1.165) is 0 Å². The van der Waals surface area contributed by atoms with Gasteiger partial charge in [0.2, 0.25) is 0 Å². The Morgan fingerprint density at radius 1 is 1.29 bits per heavy atom. The van der Waals surface area contributed by atoms with Crippen molar-refractivity contribution in [3.05, 3.63) is 63.2 Å². The second-order valence-corrected chi connectivity index (χ2v) is 4.36. The molecule has 2 aromatic rings. The van der Waals surface area contributed by atoms with Crippen LogP contribution in [-0.4, -0.2) is 16.0 Å². The number of nitrogens with zero attached hydrogens (tertiary/aromatic N) is 2. The van der Waals surface area contributed by atoms with E-state index < -0.39 is 4.92 Å². The predicted molar refractivity (Wildman–Crippen MR) is 77.1 cm³/mol. The lowest BCUT2D eigenvalue weighted by atomic mass is 10.2. The molecule has 0 spiro atoms. The number of nitrogens with two attached hydrogens (primary N) is 1. The molecular formula is C13H10ClN3O4. The summed E-state index contributed by atoms with van der Waals surface area (Å²) < 4.78 is 5.57. The van der Waals surface area contributed by atoms with Crippen LogP contribution in [0.15, 0.2) is 47.6 Å². The van der Waals surface area contributed by atoms with E-state index in [1.807, 2.05) is 0 Å². The van der Waals surface area contributed by atoms with Gasteiger partial charge in [0.05, 0.1) is 15.5 Å².